The maximum Gasteiger partial charge on any atom is 0.0469 e. The molecule has 248 valence electrons. The lowest BCUT2D eigenvalue weighted by Gasteiger charge is -2.31. The number of allylic oxidation sites excluding steroid dienone is 4. The number of rotatable bonds is 18. The van der Waals surface area contributed by atoms with Gasteiger partial charge in [0, 0.05) is 13.2 Å². The third-order valence-corrected chi connectivity index (χ3v) is 12.3. The molecular weight excluding hydrogens is 520 g/mol. The molecule has 2 saturated carbocycles. The van der Waals surface area contributed by atoms with Crippen LogP contribution in [0.15, 0.2) is 23.3 Å². The zero-order valence-corrected chi connectivity index (χ0v) is 29.6. The molecule has 43 heavy (non-hydrogen) atoms. The van der Waals surface area contributed by atoms with Gasteiger partial charge in [0.1, 0.15) is 0 Å². The lowest BCUT2D eigenvalue weighted by molar-refractivity contribution is 0.129. The van der Waals surface area contributed by atoms with Crippen molar-refractivity contribution in [2.45, 2.75) is 182 Å². The fourth-order valence-corrected chi connectivity index (χ4v) is 9.56. The van der Waals surface area contributed by atoms with Gasteiger partial charge in [0.2, 0.25) is 0 Å². The van der Waals surface area contributed by atoms with Crippen LogP contribution in [0, 0.1) is 47.3 Å². The molecule has 0 amide bonds. The van der Waals surface area contributed by atoms with Crippen LogP contribution in [0.1, 0.15) is 182 Å². The van der Waals surface area contributed by atoms with Crippen LogP contribution in [0.3, 0.4) is 0 Å². The van der Waals surface area contributed by atoms with E-state index in [0.29, 0.717) is 0 Å². The van der Waals surface area contributed by atoms with E-state index in [1.165, 1.54) is 154 Å². The average molecular weight is 595 g/mol. The van der Waals surface area contributed by atoms with Crippen molar-refractivity contribution in [1.29, 1.82) is 0 Å². The highest BCUT2D eigenvalue weighted by atomic mass is 16.5. The van der Waals surface area contributed by atoms with Gasteiger partial charge in [-0.2, -0.15) is 0 Å². The summed E-state index contributed by atoms with van der Waals surface area (Å²) in [5.41, 5.74) is 3.46. The smallest absolute Gasteiger partial charge is 0.0469 e. The number of hydrogen-bond donors (Lipinski definition) is 0. The fraction of sp³-hybridized carbons (Fsp3) is 0.905. The molecule has 0 heterocycles. The molecule has 0 radical (unpaired) electrons. The summed E-state index contributed by atoms with van der Waals surface area (Å²) < 4.78 is 6.07. The van der Waals surface area contributed by atoms with Gasteiger partial charge in [-0.05, 0) is 137 Å². The molecule has 0 aromatic rings. The van der Waals surface area contributed by atoms with Crippen LogP contribution in [-0.2, 0) is 4.74 Å². The molecule has 0 aromatic carbocycles. The highest BCUT2D eigenvalue weighted by Crippen LogP contribution is 2.39. The first-order chi connectivity index (χ1) is 20.9. The van der Waals surface area contributed by atoms with Crippen molar-refractivity contribution in [3.8, 4) is 0 Å². The number of ether oxygens (including phenoxy) is 1. The van der Waals surface area contributed by atoms with Crippen LogP contribution in [0.5, 0.6) is 0 Å². The third kappa shape index (κ3) is 14.2. The Bertz CT molecular complexity index is 722. The van der Waals surface area contributed by atoms with Gasteiger partial charge in [0.15, 0.2) is 0 Å². The van der Waals surface area contributed by atoms with E-state index in [2.05, 4.69) is 39.8 Å². The molecule has 0 aromatic heterocycles. The molecule has 1 heteroatoms. The Morgan fingerprint density at radius 3 is 1.23 bits per heavy atom. The summed E-state index contributed by atoms with van der Waals surface area (Å²) in [6.45, 7) is 11.5. The largest absolute Gasteiger partial charge is 0.381 e. The lowest BCUT2D eigenvalue weighted by atomic mass is 9.75. The monoisotopic (exact) mass is 595 g/mol. The van der Waals surface area contributed by atoms with E-state index < -0.39 is 0 Å². The van der Waals surface area contributed by atoms with E-state index in [-0.39, 0.29) is 0 Å². The number of hydrogen-bond acceptors (Lipinski definition) is 1. The van der Waals surface area contributed by atoms with Crippen LogP contribution < -0.4 is 0 Å². The predicted molar refractivity (Wildman–Crippen MR) is 188 cm³/mol. The van der Waals surface area contributed by atoms with Gasteiger partial charge >= 0.3 is 0 Å². The summed E-state index contributed by atoms with van der Waals surface area (Å²) in [7, 11) is 0. The predicted octanol–water partition coefficient (Wildman–Crippen LogP) is 13.3. The maximum absolute atomic E-state index is 6.07. The first-order valence-electron chi connectivity index (χ1n) is 19.9. The van der Waals surface area contributed by atoms with Crippen LogP contribution in [0.25, 0.3) is 0 Å². The topological polar surface area (TPSA) is 9.23 Å². The summed E-state index contributed by atoms with van der Waals surface area (Å²) in [4.78, 5) is 0. The van der Waals surface area contributed by atoms with E-state index in [4.69, 9.17) is 4.74 Å². The zero-order valence-electron chi connectivity index (χ0n) is 29.6. The van der Waals surface area contributed by atoms with Gasteiger partial charge in [-0.25, -0.2) is 0 Å². The molecule has 0 aliphatic heterocycles. The van der Waals surface area contributed by atoms with Crippen molar-refractivity contribution in [2.75, 3.05) is 13.2 Å². The highest BCUT2D eigenvalue weighted by molar-refractivity contribution is 5.07. The molecule has 0 saturated heterocycles. The first kappa shape index (κ1) is 35.3. The van der Waals surface area contributed by atoms with Gasteiger partial charge in [0.25, 0.3) is 0 Å². The zero-order chi connectivity index (χ0) is 30.3. The Hall–Kier alpha value is -0.560. The van der Waals surface area contributed by atoms with Gasteiger partial charge in [-0.15, -0.1) is 0 Å². The van der Waals surface area contributed by atoms with Crippen molar-refractivity contribution < 1.29 is 4.74 Å². The quantitative estimate of drug-likeness (QED) is 0.113. The van der Waals surface area contributed by atoms with Crippen molar-refractivity contribution >= 4 is 0 Å². The van der Waals surface area contributed by atoms with Gasteiger partial charge in [0.05, 0.1) is 0 Å². The van der Waals surface area contributed by atoms with E-state index in [0.717, 1.165) is 60.6 Å². The minimum atomic E-state index is 0.887. The maximum atomic E-state index is 6.07. The average Bonchev–Trinajstić information content (AvgIpc) is 3.00. The molecule has 4 aliphatic rings. The molecule has 4 aliphatic carbocycles. The summed E-state index contributed by atoms with van der Waals surface area (Å²) in [5, 5.41) is 0. The summed E-state index contributed by atoms with van der Waals surface area (Å²) in [5.74, 6) is 7.86. The van der Waals surface area contributed by atoms with E-state index >= 15 is 0 Å². The van der Waals surface area contributed by atoms with E-state index in [1.54, 1.807) is 11.1 Å². The molecular formula is C42H74O. The van der Waals surface area contributed by atoms with Crippen LogP contribution in [0.2, 0.25) is 0 Å². The third-order valence-electron chi connectivity index (χ3n) is 12.3. The second-order valence-electron chi connectivity index (χ2n) is 17.0. The van der Waals surface area contributed by atoms with Crippen molar-refractivity contribution in [3.05, 3.63) is 23.3 Å². The fourth-order valence-electron chi connectivity index (χ4n) is 9.56. The Balaban J connectivity index is 0.947. The summed E-state index contributed by atoms with van der Waals surface area (Å²) in [6, 6.07) is 0. The molecule has 2 unspecified atom stereocenters. The van der Waals surface area contributed by atoms with Gasteiger partial charge in [-0.1, -0.05) is 115 Å². The van der Waals surface area contributed by atoms with Crippen molar-refractivity contribution in [1.82, 2.24) is 0 Å². The van der Waals surface area contributed by atoms with Crippen LogP contribution in [-0.4, -0.2) is 13.2 Å². The highest BCUT2D eigenvalue weighted by Gasteiger charge is 2.24. The van der Waals surface area contributed by atoms with Crippen molar-refractivity contribution in [3.63, 3.8) is 0 Å². The SMILES string of the molecule is CC(C)CC1CCC(CCC2CC=C(CCCOCCCC3=CCC(CCC4CCC(CC(C)C)CC4)CC3)CC2)CC1. The summed E-state index contributed by atoms with van der Waals surface area (Å²) in [6.07, 6.45) is 39.6. The Labute approximate surface area is 269 Å². The molecule has 2 fully saturated rings. The molecule has 0 bridgehead atoms. The van der Waals surface area contributed by atoms with E-state index in [9.17, 15) is 0 Å². The standard InChI is InChI=1S/C42H74O/c1-33(2)31-41-25-21-39(22-26-41)19-17-37-13-9-35(10-14-37)7-5-29-43-30-6-8-36-11-15-38(16-12-36)18-20-40-23-27-42(28-24-40)32-34(3)4/h9,11,33-34,37-42H,5-8,10,12-32H2,1-4H3. The molecule has 2 atom stereocenters. The molecule has 0 N–H and O–H groups in total. The molecule has 4 rings (SSSR count). The Morgan fingerprint density at radius 2 is 0.884 bits per heavy atom. The molecule has 0 spiro atoms. The normalized spacial score (nSPS) is 30.5. The van der Waals surface area contributed by atoms with Crippen molar-refractivity contribution in [2.24, 2.45) is 47.3 Å². The Morgan fingerprint density at radius 1 is 0.512 bits per heavy atom. The Kier molecular flexibility index (Phi) is 16.3. The molecule has 1 nitrogen and oxygen atoms in total. The van der Waals surface area contributed by atoms with E-state index in [1.807, 2.05) is 0 Å². The summed E-state index contributed by atoms with van der Waals surface area (Å²) >= 11 is 0. The second-order valence-corrected chi connectivity index (χ2v) is 17.0. The van der Waals surface area contributed by atoms with Crippen LogP contribution in [0.4, 0.5) is 0 Å². The first-order valence-corrected chi connectivity index (χ1v) is 19.9. The minimum Gasteiger partial charge on any atom is -0.381 e. The lowest BCUT2D eigenvalue weighted by Crippen LogP contribution is -2.17. The minimum absolute atomic E-state index is 0.887. The second kappa shape index (κ2) is 19.8. The van der Waals surface area contributed by atoms with Crippen LogP contribution >= 0.6 is 0 Å². The van der Waals surface area contributed by atoms with Gasteiger partial charge in [-0.3, -0.25) is 0 Å². The van der Waals surface area contributed by atoms with Gasteiger partial charge < -0.3 is 4.74 Å².